The first-order valence-electron chi connectivity index (χ1n) is 8.81. The van der Waals surface area contributed by atoms with Gasteiger partial charge in [-0.05, 0) is 43.9 Å². The number of esters is 1. The molecular formula is C18H26N2O5S. The number of carbonyl (C=O) groups is 2. The fraction of sp³-hybridized carbons (Fsp3) is 0.556. The van der Waals surface area contributed by atoms with Gasteiger partial charge in [0, 0.05) is 12.2 Å². The van der Waals surface area contributed by atoms with Crippen LogP contribution in [0.25, 0.3) is 0 Å². The Bertz CT molecular complexity index is 742. The maximum absolute atomic E-state index is 12.2. The Labute approximate surface area is 154 Å². The van der Waals surface area contributed by atoms with Crippen molar-refractivity contribution in [1.82, 2.24) is 5.32 Å². The summed E-state index contributed by atoms with van der Waals surface area (Å²) in [6, 6.07) is 5.94. The number of benzene rings is 1. The number of anilines is 1. The van der Waals surface area contributed by atoms with Gasteiger partial charge in [0.1, 0.15) is 0 Å². The van der Waals surface area contributed by atoms with Crippen LogP contribution in [0.15, 0.2) is 24.3 Å². The van der Waals surface area contributed by atoms with E-state index >= 15 is 0 Å². The highest BCUT2D eigenvalue weighted by Gasteiger charge is 2.21. The second kappa shape index (κ2) is 9.02. The molecule has 8 heteroatoms. The molecule has 1 amide bonds. The number of hydrogen-bond acceptors (Lipinski definition) is 5. The van der Waals surface area contributed by atoms with Crippen molar-refractivity contribution in [3.63, 3.8) is 0 Å². The largest absolute Gasteiger partial charge is 0.449 e. The second-order valence-corrected chi connectivity index (χ2v) is 8.50. The van der Waals surface area contributed by atoms with E-state index in [0.29, 0.717) is 12.5 Å². The van der Waals surface area contributed by atoms with Gasteiger partial charge in [0.05, 0.1) is 11.8 Å². The molecule has 1 aliphatic rings. The fourth-order valence-electron chi connectivity index (χ4n) is 2.99. The van der Waals surface area contributed by atoms with E-state index in [0.717, 1.165) is 19.1 Å². The quantitative estimate of drug-likeness (QED) is 0.705. The Balaban J connectivity index is 1.87. The first kappa shape index (κ1) is 20.2. The summed E-state index contributed by atoms with van der Waals surface area (Å²) >= 11 is 0. The number of sulfonamides is 1. The van der Waals surface area contributed by atoms with E-state index in [1.54, 1.807) is 0 Å². The summed E-state index contributed by atoms with van der Waals surface area (Å²) in [6.07, 6.45) is 6.00. The molecule has 1 aromatic rings. The first-order chi connectivity index (χ1) is 12.2. The number of nitrogens with one attached hydrogen (secondary N) is 2. The monoisotopic (exact) mass is 382 g/mol. The highest BCUT2D eigenvalue weighted by molar-refractivity contribution is 7.92. The van der Waals surface area contributed by atoms with E-state index in [-0.39, 0.29) is 17.2 Å². The maximum Gasteiger partial charge on any atom is 0.338 e. The molecule has 0 aromatic heterocycles. The van der Waals surface area contributed by atoms with Crippen LogP contribution >= 0.6 is 0 Å². The number of hydrogen-bond donors (Lipinski definition) is 2. The standard InChI is InChI=1S/C18H26N2O5S/c1-13(17(21)19-12-14-7-4-3-5-8-14)25-18(22)15-9-6-10-16(11-15)20-26(2,23)24/h6,9-11,13-14,20H,3-5,7-8,12H2,1-2H3,(H,19,21). The van der Waals surface area contributed by atoms with Gasteiger partial charge in [-0.2, -0.15) is 0 Å². The van der Waals surface area contributed by atoms with Crippen LogP contribution in [0.1, 0.15) is 49.4 Å². The summed E-state index contributed by atoms with van der Waals surface area (Å²) in [5.41, 5.74) is 0.432. The molecule has 2 N–H and O–H groups in total. The van der Waals surface area contributed by atoms with E-state index < -0.39 is 22.1 Å². The van der Waals surface area contributed by atoms with Crippen molar-refractivity contribution < 1.29 is 22.7 Å². The van der Waals surface area contributed by atoms with Gasteiger partial charge in [-0.25, -0.2) is 13.2 Å². The molecule has 7 nitrogen and oxygen atoms in total. The smallest absolute Gasteiger partial charge is 0.338 e. The normalized spacial score (nSPS) is 16.5. The predicted molar refractivity (Wildman–Crippen MR) is 99.4 cm³/mol. The average molecular weight is 382 g/mol. The topological polar surface area (TPSA) is 102 Å². The lowest BCUT2D eigenvalue weighted by atomic mass is 9.89. The lowest BCUT2D eigenvalue weighted by Crippen LogP contribution is -2.38. The van der Waals surface area contributed by atoms with Crippen LogP contribution in [-0.2, 0) is 19.6 Å². The highest BCUT2D eigenvalue weighted by Crippen LogP contribution is 2.22. The zero-order chi connectivity index (χ0) is 19.2. The first-order valence-corrected chi connectivity index (χ1v) is 10.7. The third kappa shape index (κ3) is 6.67. The number of ether oxygens (including phenoxy) is 1. The van der Waals surface area contributed by atoms with Gasteiger partial charge in [0.25, 0.3) is 5.91 Å². The third-order valence-corrected chi connectivity index (χ3v) is 4.95. The molecule has 0 bridgehead atoms. The Morgan fingerprint density at radius 1 is 1.23 bits per heavy atom. The molecule has 0 spiro atoms. The minimum absolute atomic E-state index is 0.172. The highest BCUT2D eigenvalue weighted by atomic mass is 32.2. The van der Waals surface area contributed by atoms with Gasteiger partial charge in [0.15, 0.2) is 6.10 Å². The molecule has 1 saturated carbocycles. The molecule has 1 unspecified atom stereocenters. The molecule has 0 saturated heterocycles. The van der Waals surface area contributed by atoms with E-state index in [1.165, 1.54) is 50.5 Å². The van der Waals surface area contributed by atoms with Crippen LogP contribution < -0.4 is 10.0 Å². The number of carbonyl (C=O) groups excluding carboxylic acids is 2. The summed E-state index contributed by atoms with van der Waals surface area (Å²) in [6.45, 7) is 2.13. The summed E-state index contributed by atoms with van der Waals surface area (Å²) in [4.78, 5) is 24.3. The Morgan fingerprint density at radius 3 is 2.58 bits per heavy atom. The van der Waals surface area contributed by atoms with Crippen molar-refractivity contribution in [1.29, 1.82) is 0 Å². The molecule has 1 fully saturated rings. The molecule has 0 radical (unpaired) electrons. The fourth-order valence-corrected chi connectivity index (χ4v) is 3.54. The van der Waals surface area contributed by atoms with Crippen LogP contribution in [0.2, 0.25) is 0 Å². The Hall–Kier alpha value is -2.09. The summed E-state index contributed by atoms with van der Waals surface area (Å²) in [5, 5.41) is 2.84. The zero-order valence-electron chi connectivity index (χ0n) is 15.2. The van der Waals surface area contributed by atoms with Crippen LogP contribution in [0, 0.1) is 5.92 Å². The molecule has 2 rings (SSSR count). The SMILES string of the molecule is CC(OC(=O)c1cccc(NS(C)(=O)=O)c1)C(=O)NCC1CCCCC1. The van der Waals surface area contributed by atoms with Gasteiger partial charge in [0.2, 0.25) is 10.0 Å². The van der Waals surface area contributed by atoms with Crippen LogP contribution in [0.3, 0.4) is 0 Å². The zero-order valence-corrected chi connectivity index (χ0v) is 16.0. The Kier molecular flexibility index (Phi) is 7.02. The predicted octanol–water partition coefficient (Wildman–Crippen LogP) is 2.30. The van der Waals surface area contributed by atoms with Crippen molar-refractivity contribution >= 4 is 27.6 Å². The second-order valence-electron chi connectivity index (χ2n) is 6.75. The minimum atomic E-state index is -3.44. The van der Waals surface area contributed by atoms with E-state index in [9.17, 15) is 18.0 Å². The third-order valence-electron chi connectivity index (χ3n) is 4.34. The number of amides is 1. The van der Waals surface area contributed by atoms with Gasteiger partial charge in [-0.15, -0.1) is 0 Å². The summed E-state index contributed by atoms with van der Waals surface area (Å²) in [5.74, 6) is -0.508. The van der Waals surface area contributed by atoms with Crippen molar-refractivity contribution in [2.75, 3.05) is 17.5 Å². The minimum Gasteiger partial charge on any atom is -0.449 e. The van der Waals surface area contributed by atoms with Crippen LogP contribution in [0.4, 0.5) is 5.69 Å². The van der Waals surface area contributed by atoms with Crippen molar-refractivity contribution in [3.05, 3.63) is 29.8 Å². The number of rotatable bonds is 7. The lowest BCUT2D eigenvalue weighted by Gasteiger charge is -2.22. The molecule has 144 valence electrons. The molecule has 26 heavy (non-hydrogen) atoms. The summed E-state index contributed by atoms with van der Waals surface area (Å²) < 4.78 is 30.0. The van der Waals surface area contributed by atoms with Crippen molar-refractivity contribution in [3.8, 4) is 0 Å². The maximum atomic E-state index is 12.2. The molecule has 0 heterocycles. The lowest BCUT2D eigenvalue weighted by molar-refractivity contribution is -0.129. The van der Waals surface area contributed by atoms with Gasteiger partial charge >= 0.3 is 5.97 Å². The van der Waals surface area contributed by atoms with Crippen LogP contribution in [-0.4, -0.2) is 39.2 Å². The molecular weight excluding hydrogens is 356 g/mol. The van der Waals surface area contributed by atoms with Gasteiger partial charge < -0.3 is 10.1 Å². The van der Waals surface area contributed by atoms with Crippen LogP contribution in [0.5, 0.6) is 0 Å². The van der Waals surface area contributed by atoms with E-state index in [4.69, 9.17) is 4.74 Å². The van der Waals surface area contributed by atoms with Crippen molar-refractivity contribution in [2.45, 2.75) is 45.1 Å². The summed E-state index contributed by atoms with van der Waals surface area (Å²) in [7, 11) is -3.44. The van der Waals surface area contributed by atoms with Crippen molar-refractivity contribution in [2.24, 2.45) is 5.92 Å². The Morgan fingerprint density at radius 2 is 1.92 bits per heavy atom. The van der Waals surface area contributed by atoms with Gasteiger partial charge in [-0.3, -0.25) is 9.52 Å². The molecule has 1 aromatic carbocycles. The van der Waals surface area contributed by atoms with Gasteiger partial charge in [-0.1, -0.05) is 25.3 Å². The molecule has 1 aliphatic carbocycles. The molecule has 0 aliphatic heterocycles. The van der Waals surface area contributed by atoms with E-state index in [2.05, 4.69) is 10.0 Å². The molecule has 1 atom stereocenters. The van der Waals surface area contributed by atoms with E-state index in [1.807, 2.05) is 0 Å². The average Bonchev–Trinajstić information content (AvgIpc) is 2.59.